The van der Waals surface area contributed by atoms with Crippen molar-refractivity contribution in [1.29, 1.82) is 0 Å². The minimum Gasteiger partial charge on any atom is -0.361 e. The van der Waals surface area contributed by atoms with Gasteiger partial charge < -0.3 is 9.84 Å². The van der Waals surface area contributed by atoms with Crippen molar-refractivity contribution in [2.45, 2.75) is 53.2 Å². The molecule has 2 heterocycles. The van der Waals surface area contributed by atoms with Gasteiger partial charge in [-0.25, -0.2) is 0 Å². The third-order valence-corrected chi connectivity index (χ3v) is 3.79. The number of aromatic nitrogens is 1. The predicted molar refractivity (Wildman–Crippen MR) is 72.4 cm³/mol. The van der Waals surface area contributed by atoms with Crippen LogP contribution in [0.15, 0.2) is 10.6 Å². The standard InChI is InChI=1S/C14H25N3O/c1-10-7-15-13(14(3,4)5)9-17(10)8-12-6-11(2)18-16-12/h6,10,13,15H,7-9H2,1-5H3. The van der Waals surface area contributed by atoms with Crippen molar-refractivity contribution in [1.82, 2.24) is 15.4 Å². The van der Waals surface area contributed by atoms with E-state index in [2.05, 4.69) is 43.1 Å². The highest BCUT2D eigenvalue weighted by molar-refractivity contribution is 5.04. The molecule has 0 aliphatic carbocycles. The zero-order chi connectivity index (χ0) is 13.3. The molecule has 1 aromatic heterocycles. The van der Waals surface area contributed by atoms with Crippen LogP contribution in [0.1, 0.15) is 39.1 Å². The summed E-state index contributed by atoms with van der Waals surface area (Å²) < 4.78 is 5.14. The van der Waals surface area contributed by atoms with E-state index < -0.39 is 0 Å². The molecule has 1 fully saturated rings. The first-order chi connectivity index (χ1) is 8.36. The minimum atomic E-state index is 0.290. The van der Waals surface area contributed by atoms with Gasteiger partial charge in [0.25, 0.3) is 0 Å². The monoisotopic (exact) mass is 251 g/mol. The molecule has 2 rings (SSSR count). The average Bonchev–Trinajstić information content (AvgIpc) is 2.66. The zero-order valence-electron chi connectivity index (χ0n) is 12.2. The van der Waals surface area contributed by atoms with Crippen molar-refractivity contribution >= 4 is 0 Å². The Morgan fingerprint density at radius 2 is 2.22 bits per heavy atom. The smallest absolute Gasteiger partial charge is 0.133 e. The second kappa shape index (κ2) is 5.02. The minimum absolute atomic E-state index is 0.290. The van der Waals surface area contributed by atoms with Crippen molar-refractivity contribution in [2.24, 2.45) is 5.41 Å². The van der Waals surface area contributed by atoms with Gasteiger partial charge in [-0.05, 0) is 19.3 Å². The Labute approximate surface area is 110 Å². The summed E-state index contributed by atoms with van der Waals surface area (Å²) in [6, 6.07) is 3.10. The fourth-order valence-electron chi connectivity index (χ4n) is 2.42. The Hall–Kier alpha value is -0.870. The Morgan fingerprint density at radius 3 is 2.78 bits per heavy atom. The first-order valence-electron chi connectivity index (χ1n) is 6.76. The van der Waals surface area contributed by atoms with Crippen LogP contribution >= 0.6 is 0 Å². The van der Waals surface area contributed by atoms with E-state index in [0.717, 1.165) is 31.1 Å². The summed E-state index contributed by atoms with van der Waals surface area (Å²) in [7, 11) is 0. The average molecular weight is 251 g/mol. The van der Waals surface area contributed by atoms with E-state index in [9.17, 15) is 0 Å². The van der Waals surface area contributed by atoms with Crippen LogP contribution in [0, 0.1) is 12.3 Å². The van der Waals surface area contributed by atoms with Crippen molar-refractivity contribution in [3.8, 4) is 0 Å². The first-order valence-corrected chi connectivity index (χ1v) is 6.76. The molecule has 1 saturated heterocycles. The summed E-state index contributed by atoms with van der Waals surface area (Å²) in [4.78, 5) is 2.49. The molecule has 2 atom stereocenters. The number of nitrogens with zero attached hydrogens (tertiary/aromatic N) is 2. The van der Waals surface area contributed by atoms with Crippen LogP contribution in [-0.4, -0.2) is 35.2 Å². The third kappa shape index (κ3) is 3.12. The zero-order valence-corrected chi connectivity index (χ0v) is 12.2. The maximum absolute atomic E-state index is 5.14. The highest BCUT2D eigenvalue weighted by atomic mass is 16.5. The van der Waals surface area contributed by atoms with Gasteiger partial charge in [0.1, 0.15) is 5.76 Å². The summed E-state index contributed by atoms with van der Waals surface area (Å²) in [5, 5.41) is 7.74. The lowest BCUT2D eigenvalue weighted by Gasteiger charge is -2.43. The van der Waals surface area contributed by atoms with Crippen LogP contribution in [0.5, 0.6) is 0 Å². The second-order valence-electron chi connectivity index (χ2n) is 6.53. The summed E-state index contributed by atoms with van der Waals surface area (Å²) in [5.41, 5.74) is 1.33. The molecule has 0 aromatic carbocycles. The topological polar surface area (TPSA) is 41.3 Å². The van der Waals surface area contributed by atoms with Gasteiger partial charge in [0.15, 0.2) is 0 Å². The molecular formula is C14H25N3O. The summed E-state index contributed by atoms with van der Waals surface area (Å²) in [5.74, 6) is 0.889. The molecule has 0 saturated carbocycles. The second-order valence-corrected chi connectivity index (χ2v) is 6.53. The van der Waals surface area contributed by atoms with Crippen LogP contribution in [0.2, 0.25) is 0 Å². The van der Waals surface area contributed by atoms with Gasteiger partial charge in [-0.3, -0.25) is 4.90 Å². The van der Waals surface area contributed by atoms with Gasteiger partial charge in [-0.2, -0.15) is 0 Å². The molecule has 18 heavy (non-hydrogen) atoms. The number of aryl methyl sites for hydroxylation is 1. The molecule has 1 aromatic rings. The van der Waals surface area contributed by atoms with Gasteiger partial charge in [0.2, 0.25) is 0 Å². The van der Waals surface area contributed by atoms with Gasteiger partial charge >= 0.3 is 0 Å². The van der Waals surface area contributed by atoms with Crippen LogP contribution in [0.4, 0.5) is 0 Å². The SMILES string of the molecule is Cc1cc(CN2CC(C(C)(C)C)NCC2C)no1. The molecular weight excluding hydrogens is 226 g/mol. The highest BCUT2D eigenvalue weighted by Crippen LogP contribution is 2.24. The molecule has 0 amide bonds. The summed E-state index contributed by atoms with van der Waals surface area (Å²) in [6.45, 7) is 14.1. The fourth-order valence-corrected chi connectivity index (χ4v) is 2.42. The van der Waals surface area contributed by atoms with Crippen LogP contribution in [0.25, 0.3) is 0 Å². The molecule has 0 spiro atoms. The number of piperazine rings is 1. The van der Waals surface area contributed by atoms with E-state index in [1.165, 1.54) is 0 Å². The summed E-state index contributed by atoms with van der Waals surface area (Å²) in [6.07, 6.45) is 0. The Kier molecular flexibility index (Phi) is 3.78. The van der Waals surface area contributed by atoms with Crippen LogP contribution < -0.4 is 5.32 Å². The maximum Gasteiger partial charge on any atom is 0.133 e. The quantitative estimate of drug-likeness (QED) is 0.875. The number of rotatable bonds is 2. The van der Waals surface area contributed by atoms with Crippen molar-refractivity contribution in [3.63, 3.8) is 0 Å². The van der Waals surface area contributed by atoms with Crippen LogP contribution in [-0.2, 0) is 6.54 Å². The van der Waals surface area contributed by atoms with Gasteiger partial charge in [-0.15, -0.1) is 0 Å². The lowest BCUT2D eigenvalue weighted by Crippen LogP contribution is -2.59. The van der Waals surface area contributed by atoms with E-state index in [1.54, 1.807) is 0 Å². The van der Waals surface area contributed by atoms with Crippen molar-refractivity contribution < 1.29 is 4.52 Å². The highest BCUT2D eigenvalue weighted by Gasteiger charge is 2.32. The molecule has 102 valence electrons. The normalized spacial score (nSPS) is 26.5. The van der Waals surface area contributed by atoms with E-state index in [-0.39, 0.29) is 5.41 Å². The molecule has 4 heteroatoms. The maximum atomic E-state index is 5.14. The first kappa shape index (κ1) is 13.6. The lowest BCUT2D eigenvalue weighted by molar-refractivity contribution is 0.0858. The van der Waals surface area contributed by atoms with Gasteiger partial charge in [-0.1, -0.05) is 25.9 Å². The molecule has 0 bridgehead atoms. The van der Waals surface area contributed by atoms with E-state index in [0.29, 0.717) is 12.1 Å². The third-order valence-electron chi connectivity index (χ3n) is 3.79. The predicted octanol–water partition coefficient (Wildman–Crippen LogP) is 2.19. The number of nitrogens with one attached hydrogen (secondary N) is 1. The van der Waals surface area contributed by atoms with Crippen molar-refractivity contribution in [2.75, 3.05) is 13.1 Å². The fraction of sp³-hybridized carbons (Fsp3) is 0.786. The molecule has 0 radical (unpaired) electrons. The molecule has 1 aliphatic rings. The summed E-state index contributed by atoms with van der Waals surface area (Å²) >= 11 is 0. The van der Waals surface area contributed by atoms with Gasteiger partial charge in [0.05, 0.1) is 5.69 Å². The number of hydrogen-bond acceptors (Lipinski definition) is 4. The Balaban J connectivity index is 2.02. The van der Waals surface area contributed by atoms with E-state index >= 15 is 0 Å². The molecule has 2 unspecified atom stereocenters. The lowest BCUT2D eigenvalue weighted by atomic mass is 9.85. The largest absolute Gasteiger partial charge is 0.361 e. The Morgan fingerprint density at radius 1 is 1.50 bits per heavy atom. The molecule has 1 N–H and O–H groups in total. The van der Waals surface area contributed by atoms with Crippen molar-refractivity contribution in [3.05, 3.63) is 17.5 Å². The van der Waals surface area contributed by atoms with E-state index in [4.69, 9.17) is 4.52 Å². The van der Waals surface area contributed by atoms with Gasteiger partial charge in [0, 0.05) is 37.8 Å². The Bertz CT molecular complexity index is 394. The number of hydrogen-bond donors (Lipinski definition) is 1. The molecule has 4 nitrogen and oxygen atoms in total. The molecule has 1 aliphatic heterocycles. The van der Waals surface area contributed by atoms with E-state index in [1.807, 2.05) is 13.0 Å². The van der Waals surface area contributed by atoms with Crippen LogP contribution in [0.3, 0.4) is 0 Å².